The van der Waals surface area contributed by atoms with E-state index in [1.54, 1.807) is 17.6 Å². The van der Waals surface area contributed by atoms with Gasteiger partial charge in [-0.1, -0.05) is 0 Å². The van der Waals surface area contributed by atoms with Gasteiger partial charge in [0.2, 0.25) is 0 Å². The number of hydrogen-bond donors (Lipinski definition) is 1. The van der Waals surface area contributed by atoms with Crippen LogP contribution in [0.4, 0.5) is 4.79 Å². The highest BCUT2D eigenvalue weighted by Crippen LogP contribution is 2.28. The number of nitrogens with one attached hydrogen (secondary N) is 1. The van der Waals surface area contributed by atoms with Gasteiger partial charge in [0.1, 0.15) is 5.76 Å². The monoisotopic (exact) mass is 333 g/mol. The Balaban J connectivity index is 1.60. The molecule has 6 heteroatoms. The van der Waals surface area contributed by atoms with Crippen LogP contribution in [0, 0.1) is 0 Å². The van der Waals surface area contributed by atoms with Crippen LogP contribution in [-0.4, -0.2) is 42.5 Å². The van der Waals surface area contributed by atoms with Crippen LogP contribution in [0.2, 0.25) is 0 Å². The standard InChI is InChI=1S/C17H23N3O2S/c1-19(2)16(13-7-9-23-12-13)10-18-17(21)20(14-5-6-14)11-15-4-3-8-22-15/h3-4,7-9,12,14,16H,5-6,10-11H2,1-2H3,(H,18,21)/t16-/m0/s1. The zero-order valence-electron chi connectivity index (χ0n) is 13.6. The van der Waals surface area contributed by atoms with E-state index in [1.807, 2.05) is 31.1 Å². The van der Waals surface area contributed by atoms with Gasteiger partial charge in [0, 0.05) is 12.6 Å². The van der Waals surface area contributed by atoms with Crippen LogP contribution in [0.25, 0.3) is 0 Å². The number of nitrogens with zero attached hydrogens (tertiary/aromatic N) is 2. The largest absolute Gasteiger partial charge is 0.467 e. The van der Waals surface area contributed by atoms with Crippen molar-refractivity contribution in [2.24, 2.45) is 0 Å². The lowest BCUT2D eigenvalue weighted by molar-refractivity contribution is 0.182. The number of rotatable bonds is 7. The first-order valence-corrected chi connectivity index (χ1v) is 8.85. The zero-order valence-corrected chi connectivity index (χ0v) is 14.4. The number of amides is 2. The molecule has 2 amide bonds. The average molecular weight is 333 g/mol. The van der Waals surface area contributed by atoms with Crippen LogP contribution < -0.4 is 5.32 Å². The summed E-state index contributed by atoms with van der Waals surface area (Å²) < 4.78 is 5.39. The van der Waals surface area contributed by atoms with Crippen molar-refractivity contribution in [3.63, 3.8) is 0 Å². The van der Waals surface area contributed by atoms with Crippen molar-refractivity contribution in [3.8, 4) is 0 Å². The Kier molecular flexibility index (Phi) is 5.03. The van der Waals surface area contributed by atoms with E-state index in [4.69, 9.17) is 4.42 Å². The average Bonchev–Trinajstić information content (AvgIpc) is 3.01. The molecule has 0 radical (unpaired) electrons. The van der Waals surface area contributed by atoms with Crippen LogP contribution in [0.3, 0.4) is 0 Å². The summed E-state index contributed by atoms with van der Waals surface area (Å²) in [4.78, 5) is 16.6. The number of urea groups is 1. The zero-order chi connectivity index (χ0) is 16.2. The number of thiophene rings is 1. The molecule has 2 aromatic heterocycles. The van der Waals surface area contributed by atoms with Gasteiger partial charge in [0.25, 0.3) is 0 Å². The Morgan fingerprint density at radius 2 is 2.26 bits per heavy atom. The van der Waals surface area contributed by atoms with Gasteiger partial charge in [-0.3, -0.25) is 0 Å². The van der Waals surface area contributed by atoms with Gasteiger partial charge in [-0.2, -0.15) is 11.3 Å². The quantitative estimate of drug-likeness (QED) is 0.845. The molecule has 23 heavy (non-hydrogen) atoms. The molecule has 0 saturated heterocycles. The number of furan rings is 1. The summed E-state index contributed by atoms with van der Waals surface area (Å²) in [6.45, 7) is 1.14. The first-order valence-electron chi connectivity index (χ1n) is 7.90. The van der Waals surface area contributed by atoms with Crippen molar-refractivity contribution in [3.05, 3.63) is 46.5 Å². The molecule has 1 aliphatic carbocycles. The summed E-state index contributed by atoms with van der Waals surface area (Å²) in [7, 11) is 4.08. The molecule has 3 rings (SSSR count). The molecule has 0 aliphatic heterocycles. The van der Waals surface area contributed by atoms with Gasteiger partial charge < -0.3 is 19.5 Å². The van der Waals surface area contributed by atoms with Crippen LogP contribution in [0.15, 0.2) is 39.6 Å². The molecule has 1 atom stereocenters. The third-order valence-corrected chi connectivity index (χ3v) is 4.85. The third kappa shape index (κ3) is 4.14. The first kappa shape index (κ1) is 16.1. The van der Waals surface area contributed by atoms with E-state index in [0.717, 1.165) is 18.6 Å². The number of carbonyl (C=O) groups is 1. The smallest absolute Gasteiger partial charge is 0.318 e. The summed E-state index contributed by atoms with van der Waals surface area (Å²) in [6, 6.07) is 6.41. The summed E-state index contributed by atoms with van der Waals surface area (Å²) in [6.07, 6.45) is 3.81. The second kappa shape index (κ2) is 7.19. The minimum atomic E-state index is -0.00835. The highest BCUT2D eigenvalue weighted by atomic mass is 32.1. The Morgan fingerprint density at radius 1 is 1.43 bits per heavy atom. The van der Waals surface area contributed by atoms with Crippen molar-refractivity contribution >= 4 is 17.4 Å². The van der Waals surface area contributed by atoms with Crippen LogP contribution in [0.1, 0.15) is 30.2 Å². The van der Waals surface area contributed by atoms with Gasteiger partial charge in [0.05, 0.1) is 18.8 Å². The Labute approximate surface area is 140 Å². The molecule has 2 aromatic rings. The normalized spacial score (nSPS) is 15.6. The molecule has 1 N–H and O–H groups in total. The summed E-state index contributed by atoms with van der Waals surface area (Å²) in [5.41, 5.74) is 1.24. The van der Waals surface area contributed by atoms with E-state index < -0.39 is 0 Å². The molecule has 1 aliphatic rings. The highest BCUT2D eigenvalue weighted by Gasteiger charge is 2.33. The van der Waals surface area contributed by atoms with Crippen molar-refractivity contribution in [2.75, 3.05) is 20.6 Å². The van der Waals surface area contributed by atoms with E-state index >= 15 is 0 Å². The van der Waals surface area contributed by atoms with Crippen LogP contribution in [-0.2, 0) is 6.54 Å². The van der Waals surface area contributed by atoms with E-state index in [-0.39, 0.29) is 12.1 Å². The van der Waals surface area contributed by atoms with Crippen LogP contribution in [0.5, 0.6) is 0 Å². The second-order valence-electron chi connectivity index (χ2n) is 6.16. The van der Waals surface area contributed by atoms with Crippen LogP contribution >= 0.6 is 11.3 Å². The van der Waals surface area contributed by atoms with Gasteiger partial charge in [-0.15, -0.1) is 0 Å². The second-order valence-corrected chi connectivity index (χ2v) is 6.94. The lowest BCUT2D eigenvalue weighted by Gasteiger charge is -2.27. The fourth-order valence-electron chi connectivity index (χ4n) is 2.67. The molecule has 2 heterocycles. The fraction of sp³-hybridized carbons (Fsp3) is 0.471. The van der Waals surface area contributed by atoms with Gasteiger partial charge in [-0.05, 0) is 61.5 Å². The van der Waals surface area contributed by atoms with E-state index in [2.05, 4.69) is 27.0 Å². The lowest BCUT2D eigenvalue weighted by atomic mass is 10.1. The fourth-order valence-corrected chi connectivity index (χ4v) is 3.38. The molecule has 124 valence electrons. The molecule has 0 spiro atoms. The van der Waals surface area contributed by atoms with Crippen molar-refractivity contribution < 1.29 is 9.21 Å². The van der Waals surface area contributed by atoms with E-state index in [9.17, 15) is 4.79 Å². The first-order chi connectivity index (χ1) is 11.1. The molecule has 1 saturated carbocycles. The predicted octanol–water partition coefficient (Wildman–Crippen LogP) is 3.32. The van der Waals surface area contributed by atoms with E-state index in [0.29, 0.717) is 19.1 Å². The van der Waals surface area contributed by atoms with Gasteiger partial charge in [-0.25, -0.2) is 4.79 Å². The van der Waals surface area contributed by atoms with E-state index in [1.165, 1.54) is 5.56 Å². The number of hydrogen-bond acceptors (Lipinski definition) is 4. The van der Waals surface area contributed by atoms with Crippen molar-refractivity contribution in [1.29, 1.82) is 0 Å². The number of likely N-dealkylation sites (N-methyl/N-ethyl adjacent to an activating group) is 1. The SMILES string of the molecule is CN(C)[C@@H](CNC(=O)N(Cc1ccco1)C1CC1)c1ccsc1. The maximum atomic E-state index is 12.6. The summed E-state index contributed by atoms with van der Waals surface area (Å²) in [5, 5.41) is 7.30. The maximum Gasteiger partial charge on any atom is 0.318 e. The molecular weight excluding hydrogens is 310 g/mol. The Morgan fingerprint density at radius 3 is 2.83 bits per heavy atom. The molecule has 0 bridgehead atoms. The third-order valence-electron chi connectivity index (χ3n) is 4.15. The lowest BCUT2D eigenvalue weighted by Crippen LogP contribution is -2.43. The molecule has 1 fully saturated rings. The molecule has 0 unspecified atom stereocenters. The summed E-state index contributed by atoms with van der Waals surface area (Å²) in [5.74, 6) is 0.828. The Hall–Kier alpha value is -1.79. The Bertz CT molecular complexity index is 606. The molecule has 0 aromatic carbocycles. The highest BCUT2D eigenvalue weighted by molar-refractivity contribution is 7.07. The van der Waals surface area contributed by atoms with Crippen molar-refractivity contribution in [2.45, 2.75) is 31.5 Å². The minimum Gasteiger partial charge on any atom is -0.467 e. The molecule has 5 nitrogen and oxygen atoms in total. The summed E-state index contributed by atoms with van der Waals surface area (Å²) >= 11 is 1.68. The van der Waals surface area contributed by atoms with Gasteiger partial charge in [0.15, 0.2) is 0 Å². The molecular formula is C17H23N3O2S. The topological polar surface area (TPSA) is 48.7 Å². The van der Waals surface area contributed by atoms with Crippen molar-refractivity contribution in [1.82, 2.24) is 15.1 Å². The minimum absolute atomic E-state index is 0.00835. The maximum absolute atomic E-state index is 12.6. The van der Waals surface area contributed by atoms with Gasteiger partial charge >= 0.3 is 6.03 Å². The number of carbonyl (C=O) groups excluding carboxylic acids is 1. The predicted molar refractivity (Wildman–Crippen MR) is 91.4 cm³/mol.